The molecule has 2 rings (SSSR count). The van der Waals surface area contributed by atoms with Gasteiger partial charge < -0.3 is 15.5 Å². The molecule has 1 atom stereocenters. The third-order valence-electron chi connectivity index (χ3n) is 5.00. The van der Waals surface area contributed by atoms with Crippen molar-refractivity contribution in [3.63, 3.8) is 0 Å². The van der Waals surface area contributed by atoms with E-state index in [4.69, 9.17) is 0 Å². The van der Waals surface area contributed by atoms with E-state index in [1.165, 1.54) is 25.7 Å². The number of unbranched alkanes of at least 4 members (excludes halogenated alkanes) is 2. The van der Waals surface area contributed by atoms with Gasteiger partial charge in [-0.1, -0.05) is 26.2 Å². The minimum absolute atomic E-state index is 0.469. The summed E-state index contributed by atoms with van der Waals surface area (Å²) in [6.07, 6.45) is 9.80. The summed E-state index contributed by atoms with van der Waals surface area (Å²) in [6, 6.07) is 2.33. The van der Waals surface area contributed by atoms with Crippen LogP contribution in [0.4, 0.5) is 5.95 Å². The number of hydrogen-bond donors (Lipinski definition) is 2. The van der Waals surface area contributed by atoms with Gasteiger partial charge in [-0.25, -0.2) is 9.97 Å². The molecule has 1 aromatic heterocycles. The predicted octanol–water partition coefficient (Wildman–Crippen LogP) is 2.12. The fourth-order valence-electron chi connectivity index (χ4n) is 3.34. The number of nitrogens with zero attached hydrogens (tertiary/aromatic N) is 5. The number of nitrogens with one attached hydrogen (secondary N) is 2. The second kappa shape index (κ2) is 12.5. The molecule has 7 nitrogen and oxygen atoms in total. The van der Waals surface area contributed by atoms with E-state index in [0.29, 0.717) is 6.04 Å². The van der Waals surface area contributed by atoms with Gasteiger partial charge in [-0.05, 0) is 32.4 Å². The molecule has 0 spiro atoms. The Hall–Kier alpha value is -1.89. The molecule has 1 saturated heterocycles. The lowest BCUT2D eigenvalue weighted by atomic mass is 10.1. The van der Waals surface area contributed by atoms with Crippen molar-refractivity contribution in [2.24, 2.45) is 4.99 Å². The molecule has 152 valence electrons. The lowest BCUT2D eigenvalue weighted by Crippen LogP contribution is -2.48. The van der Waals surface area contributed by atoms with Gasteiger partial charge in [0.05, 0.1) is 0 Å². The van der Waals surface area contributed by atoms with Gasteiger partial charge in [-0.15, -0.1) is 0 Å². The van der Waals surface area contributed by atoms with Crippen LogP contribution in [0, 0.1) is 0 Å². The fourth-order valence-corrected chi connectivity index (χ4v) is 3.34. The molecule has 1 aliphatic heterocycles. The van der Waals surface area contributed by atoms with E-state index < -0.39 is 0 Å². The summed E-state index contributed by atoms with van der Waals surface area (Å²) < 4.78 is 0. The van der Waals surface area contributed by atoms with Gasteiger partial charge in [-0.3, -0.25) is 9.89 Å². The highest BCUT2D eigenvalue weighted by Crippen LogP contribution is 2.09. The van der Waals surface area contributed by atoms with Gasteiger partial charge in [0, 0.05) is 58.2 Å². The maximum absolute atomic E-state index is 4.34. The predicted molar refractivity (Wildman–Crippen MR) is 113 cm³/mol. The van der Waals surface area contributed by atoms with Crippen LogP contribution < -0.4 is 15.5 Å². The Kier molecular flexibility index (Phi) is 9.90. The lowest BCUT2D eigenvalue weighted by Gasteiger charge is -2.34. The van der Waals surface area contributed by atoms with Crippen LogP contribution >= 0.6 is 0 Å². The van der Waals surface area contributed by atoms with Gasteiger partial charge >= 0.3 is 0 Å². The van der Waals surface area contributed by atoms with Gasteiger partial charge in [0.25, 0.3) is 0 Å². The summed E-state index contributed by atoms with van der Waals surface area (Å²) in [5.41, 5.74) is 0. The molecule has 1 aromatic rings. The van der Waals surface area contributed by atoms with E-state index in [1.807, 2.05) is 25.5 Å². The van der Waals surface area contributed by atoms with E-state index in [0.717, 1.165) is 57.6 Å². The van der Waals surface area contributed by atoms with Crippen LogP contribution in [0.25, 0.3) is 0 Å². The Labute approximate surface area is 164 Å². The molecule has 0 aromatic carbocycles. The van der Waals surface area contributed by atoms with Gasteiger partial charge in [-0.2, -0.15) is 0 Å². The van der Waals surface area contributed by atoms with Crippen LogP contribution in [0.2, 0.25) is 0 Å². The van der Waals surface area contributed by atoms with Crippen LogP contribution in [0.1, 0.15) is 46.0 Å². The zero-order valence-corrected chi connectivity index (χ0v) is 17.3. The van der Waals surface area contributed by atoms with Crippen molar-refractivity contribution in [2.45, 2.75) is 52.0 Å². The van der Waals surface area contributed by atoms with Crippen LogP contribution in [0.15, 0.2) is 23.5 Å². The molecule has 0 aliphatic carbocycles. The Morgan fingerprint density at radius 1 is 1.15 bits per heavy atom. The van der Waals surface area contributed by atoms with Crippen LogP contribution in [0.3, 0.4) is 0 Å². The van der Waals surface area contributed by atoms with Crippen molar-refractivity contribution in [3.05, 3.63) is 18.5 Å². The molecular formula is C20H37N7. The molecule has 0 saturated carbocycles. The van der Waals surface area contributed by atoms with Crippen molar-refractivity contribution >= 4 is 11.9 Å². The summed E-state index contributed by atoms with van der Waals surface area (Å²) in [5, 5.41) is 6.94. The van der Waals surface area contributed by atoms with Crippen LogP contribution in [-0.4, -0.2) is 73.2 Å². The molecule has 1 unspecified atom stereocenters. The van der Waals surface area contributed by atoms with E-state index >= 15 is 0 Å². The second-order valence-electron chi connectivity index (χ2n) is 7.27. The topological polar surface area (TPSA) is 68.7 Å². The zero-order chi connectivity index (χ0) is 19.3. The first-order valence-electron chi connectivity index (χ1n) is 10.4. The Morgan fingerprint density at radius 3 is 2.56 bits per heavy atom. The SMILES string of the molecule is CCCCCC(C)NC(=NC)NCCCN1CCN(c2ncccn2)CC1. The Morgan fingerprint density at radius 2 is 1.89 bits per heavy atom. The maximum Gasteiger partial charge on any atom is 0.225 e. The Balaban J connectivity index is 1.57. The second-order valence-corrected chi connectivity index (χ2v) is 7.27. The lowest BCUT2D eigenvalue weighted by molar-refractivity contribution is 0.254. The first-order chi connectivity index (χ1) is 13.2. The zero-order valence-electron chi connectivity index (χ0n) is 17.3. The minimum atomic E-state index is 0.469. The van der Waals surface area contributed by atoms with Crippen LogP contribution in [-0.2, 0) is 0 Å². The summed E-state index contributed by atoms with van der Waals surface area (Å²) >= 11 is 0. The molecule has 2 heterocycles. The quantitative estimate of drug-likeness (QED) is 0.371. The number of aliphatic imine (C=N–C) groups is 1. The number of anilines is 1. The third kappa shape index (κ3) is 8.12. The first kappa shape index (κ1) is 21.4. The summed E-state index contributed by atoms with van der Waals surface area (Å²) in [6.45, 7) is 10.7. The molecule has 2 N–H and O–H groups in total. The van der Waals surface area contributed by atoms with Gasteiger partial charge in [0.1, 0.15) is 0 Å². The highest BCUT2D eigenvalue weighted by atomic mass is 15.3. The van der Waals surface area contributed by atoms with Crippen molar-refractivity contribution < 1.29 is 0 Å². The Bertz CT molecular complexity index is 526. The standard InChI is InChI=1S/C20H37N7/c1-4-5-6-9-18(2)25-19(21-3)22-12-8-13-26-14-16-27(17-15-26)20-23-10-7-11-24-20/h7,10-11,18H,4-6,8-9,12-17H2,1-3H3,(H2,21,22,25). The highest BCUT2D eigenvalue weighted by Gasteiger charge is 2.18. The smallest absolute Gasteiger partial charge is 0.225 e. The summed E-state index contributed by atoms with van der Waals surface area (Å²) in [5.74, 6) is 1.77. The van der Waals surface area contributed by atoms with Gasteiger partial charge in [0.2, 0.25) is 5.95 Å². The van der Waals surface area contributed by atoms with Crippen molar-refractivity contribution in [1.82, 2.24) is 25.5 Å². The molecule has 1 aliphatic rings. The third-order valence-corrected chi connectivity index (χ3v) is 5.00. The van der Waals surface area contributed by atoms with E-state index in [-0.39, 0.29) is 0 Å². The normalized spacial score (nSPS) is 17.0. The average molecular weight is 376 g/mol. The molecular weight excluding hydrogens is 338 g/mol. The van der Waals surface area contributed by atoms with Gasteiger partial charge in [0.15, 0.2) is 5.96 Å². The number of rotatable bonds is 10. The summed E-state index contributed by atoms with van der Waals surface area (Å²) in [7, 11) is 1.85. The largest absolute Gasteiger partial charge is 0.356 e. The number of piperazine rings is 1. The number of aromatic nitrogens is 2. The molecule has 7 heteroatoms. The van der Waals surface area contributed by atoms with Crippen LogP contribution in [0.5, 0.6) is 0 Å². The minimum Gasteiger partial charge on any atom is -0.356 e. The molecule has 27 heavy (non-hydrogen) atoms. The van der Waals surface area contributed by atoms with Crippen molar-refractivity contribution in [1.29, 1.82) is 0 Å². The molecule has 0 amide bonds. The van der Waals surface area contributed by atoms with E-state index in [2.05, 4.69) is 49.2 Å². The monoisotopic (exact) mass is 375 g/mol. The number of hydrogen-bond acceptors (Lipinski definition) is 5. The highest BCUT2D eigenvalue weighted by molar-refractivity contribution is 5.79. The van der Waals surface area contributed by atoms with Crippen molar-refractivity contribution in [2.75, 3.05) is 51.2 Å². The van der Waals surface area contributed by atoms with Crippen molar-refractivity contribution in [3.8, 4) is 0 Å². The maximum atomic E-state index is 4.34. The van der Waals surface area contributed by atoms with E-state index in [9.17, 15) is 0 Å². The number of guanidine groups is 1. The molecule has 0 radical (unpaired) electrons. The fraction of sp³-hybridized carbons (Fsp3) is 0.750. The average Bonchev–Trinajstić information content (AvgIpc) is 2.71. The summed E-state index contributed by atoms with van der Waals surface area (Å²) in [4.78, 5) is 17.8. The first-order valence-corrected chi connectivity index (χ1v) is 10.4. The van der Waals surface area contributed by atoms with E-state index in [1.54, 1.807) is 0 Å². The molecule has 1 fully saturated rings. The molecule has 0 bridgehead atoms.